The molecule has 0 saturated heterocycles. The molecule has 4 nitrogen and oxygen atoms in total. The van der Waals surface area contributed by atoms with E-state index in [1.54, 1.807) is 6.07 Å². The van der Waals surface area contributed by atoms with Crippen LogP contribution in [0.5, 0.6) is 5.75 Å². The van der Waals surface area contributed by atoms with E-state index in [1.807, 2.05) is 18.2 Å². The molecule has 0 radical (unpaired) electrons. The van der Waals surface area contributed by atoms with E-state index in [4.69, 9.17) is 16.3 Å². The topological polar surface area (TPSA) is 50.4 Å². The van der Waals surface area contributed by atoms with E-state index < -0.39 is 0 Å². The number of aryl methyl sites for hydroxylation is 1. The lowest BCUT2D eigenvalue weighted by atomic mass is 10.1. The minimum Gasteiger partial charge on any atom is -0.492 e. The van der Waals surface area contributed by atoms with Gasteiger partial charge < -0.3 is 15.4 Å². The summed E-state index contributed by atoms with van der Waals surface area (Å²) in [6.07, 6.45) is 1.54. The summed E-state index contributed by atoms with van der Waals surface area (Å²) in [7, 11) is 0. The maximum absolute atomic E-state index is 11.7. The molecule has 0 aliphatic carbocycles. The fraction of sp³-hybridized carbons (Fsp3) is 0.316. The molecule has 2 amide bonds. The first-order valence-electron chi connectivity index (χ1n) is 8.10. The zero-order chi connectivity index (χ0) is 17.2. The number of hydrogen-bond donors (Lipinski definition) is 2. The summed E-state index contributed by atoms with van der Waals surface area (Å²) in [4.78, 5) is 11.7. The number of amides is 2. The van der Waals surface area contributed by atoms with Gasteiger partial charge in [0.25, 0.3) is 0 Å². The Kier molecular flexibility index (Phi) is 7.43. The number of carbonyl (C=O) groups excluding carboxylic acids is 1. The molecule has 2 aromatic rings. The number of urea groups is 1. The molecular weight excluding hydrogens is 324 g/mol. The second-order valence-corrected chi connectivity index (χ2v) is 5.96. The van der Waals surface area contributed by atoms with Crippen molar-refractivity contribution in [3.63, 3.8) is 0 Å². The first kappa shape index (κ1) is 18.1. The lowest BCUT2D eigenvalue weighted by Crippen LogP contribution is -2.37. The van der Waals surface area contributed by atoms with Crippen LogP contribution in [0.3, 0.4) is 0 Å². The summed E-state index contributed by atoms with van der Waals surface area (Å²) < 4.78 is 5.56. The summed E-state index contributed by atoms with van der Waals surface area (Å²) in [5, 5.41) is 6.26. The van der Waals surface area contributed by atoms with E-state index in [0.29, 0.717) is 30.5 Å². The molecule has 0 saturated carbocycles. The summed E-state index contributed by atoms with van der Waals surface area (Å²) in [6, 6.07) is 15.5. The smallest absolute Gasteiger partial charge is 0.314 e. The molecule has 0 aliphatic rings. The molecule has 0 bridgehead atoms. The number of para-hydroxylation sites is 1. The third-order valence-electron chi connectivity index (χ3n) is 3.52. The van der Waals surface area contributed by atoms with Crippen molar-refractivity contribution < 1.29 is 9.53 Å². The maximum atomic E-state index is 11.7. The van der Waals surface area contributed by atoms with E-state index in [2.05, 4.69) is 41.8 Å². The lowest BCUT2D eigenvalue weighted by Gasteiger charge is -2.09. The number of rotatable bonds is 8. The second-order valence-electron chi connectivity index (χ2n) is 5.55. The van der Waals surface area contributed by atoms with E-state index in [9.17, 15) is 4.79 Å². The summed E-state index contributed by atoms with van der Waals surface area (Å²) in [5.41, 5.74) is 2.46. The van der Waals surface area contributed by atoms with Gasteiger partial charge in [0.05, 0.1) is 11.6 Å². The van der Waals surface area contributed by atoms with Crippen LogP contribution in [0.15, 0.2) is 48.5 Å². The highest BCUT2D eigenvalue weighted by molar-refractivity contribution is 6.32. The average Bonchev–Trinajstić information content (AvgIpc) is 2.58. The van der Waals surface area contributed by atoms with Gasteiger partial charge in [-0.2, -0.15) is 0 Å². The van der Waals surface area contributed by atoms with Crippen LogP contribution < -0.4 is 15.4 Å². The largest absolute Gasteiger partial charge is 0.492 e. The Hall–Kier alpha value is -2.20. The molecule has 0 atom stereocenters. The average molecular weight is 347 g/mol. The zero-order valence-electron chi connectivity index (χ0n) is 13.8. The van der Waals surface area contributed by atoms with Crippen LogP contribution in [-0.2, 0) is 6.42 Å². The fourth-order valence-electron chi connectivity index (χ4n) is 2.16. The minimum atomic E-state index is -0.153. The van der Waals surface area contributed by atoms with Crippen LogP contribution in [-0.4, -0.2) is 25.7 Å². The van der Waals surface area contributed by atoms with Gasteiger partial charge in [-0.15, -0.1) is 0 Å². The highest BCUT2D eigenvalue weighted by atomic mass is 35.5. The van der Waals surface area contributed by atoms with Crippen LogP contribution in [0.1, 0.15) is 17.5 Å². The number of hydrogen-bond acceptors (Lipinski definition) is 2. The Balaban J connectivity index is 1.53. The monoisotopic (exact) mass is 346 g/mol. The number of carbonyl (C=O) groups is 1. The second kappa shape index (κ2) is 9.83. The Morgan fingerprint density at radius 3 is 2.50 bits per heavy atom. The predicted octanol–water partition coefficient (Wildman–Crippen LogP) is 3.96. The summed E-state index contributed by atoms with van der Waals surface area (Å²) in [6.45, 7) is 3.74. The van der Waals surface area contributed by atoms with Crippen molar-refractivity contribution in [3.8, 4) is 5.75 Å². The van der Waals surface area contributed by atoms with Gasteiger partial charge in [0, 0.05) is 13.1 Å². The standard InChI is InChI=1S/C19H23ClN2O2/c1-15-7-9-16(10-8-15)11-13-22-19(23)21-12-4-14-24-18-6-3-2-5-17(18)20/h2-3,5-10H,4,11-14H2,1H3,(H2,21,22,23). The molecule has 0 aliphatic heterocycles. The molecule has 0 aromatic heterocycles. The highest BCUT2D eigenvalue weighted by Crippen LogP contribution is 2.22. The number of ether oxygens (including phenoxy) is 1. The number of halogens is 1. The number of benzene rings is 2. The molecule has 0 fully saturated rings. The Morgan fingerprint density at radius 2 is 1.75 bits per heavy atom. The Labute approximate surface area is 148 Å². The molecular formula is C19H23ClN2O2. The van der Waals surface area contributed by atoms with Gasteiger partial charge in [0.2, 0.25) is 0 Å². The van der Waals surface area contributed by atoms with Crippen LogP contribution in [0, 0.1) is 6.92 Å². The van der Waals surface area contributed by atoms with Crippen molar-refractivity contribution in [1.29, 1.82) is 0 Å². The van der Waals surface area contributed by atoms with Crippen molar-refractivity contribution in [2.24, 2.45) is 0 Å². The van der Waals surface area contributed by atoms with Crippen molar-refractivity contribution in [2.75, 3.05) is 19.7 Å². The molecule has 2 aromatic carbocycles. The van der Waals surface area contributed by atoms with Gasteiger partial charge in [0.1, 0.15) is 5.75 Å². The Morgan fingerprint density at radius 1 is 1.04 bits per heavy atom. The SMILES string of the molecule is Cc1ccc(CCNC(=O)NCCCOc2ccccc2Cl)cc1. The van der Waals surface area contributed by atoms with E-state index >= 15 is 0 Å². The van der Waals surface area contributed by atoms with Crippen molar-refractivity contribution in [2.45, 2.75) is 19.8 Å². The van der Waals surface area contributed by atoms with Crippen molar-refractivity contribution >= 4 is 17.6 Å². The maximum Gasteiger partial charge on any atom is 0.314 e. The third-order valence-corrected chi connectivity index (χ3v) is 3.83. The minimum absolute atomic E-state index is 0.153. The molecule has 2 N–H and O–H groups in total. The highest BCUT2D eigenvalue weighted by Gasteiger charge is 2.01. The van der Waals surface area contributed by atoms with Gasteiger partial charge in [0.15, 0.2) is 0 Å². The van der Waals surface area contributed by atoms with E-state index in [-0.39, 0.29) is 6.03 Å². The van der Waals surface area contributed by atoms with Gasteiger partial charge in [-0.3, -0.25) is 0 Å². The summed E-state index contributed by atoms with van der Waals surface area (Å²) in [5.74, 6) is 0.668. The summed E-state index contributed by atoms with van der Waals surface area (Å²) >= 11 is 6.00. The van der Waals surface area contributed by atoms with Crippen LogP contribution >= 0.6 is 11.6 Å². The third kappa shape index (κ3) is 6.50. The van der Waals surface area contributed by atoms with E-state index in [0.717, 1.165) is 12.8 Å². The molecule has 0 heterocycles. The Bertz CT molecular complexity index is 644. The molecule has 24 heavy (non-hydrogen) atoms. The molecule has 0 spiro atoms. The molecule has 0 unspecified atom stereocenters. The van der Waals surface area contributed by atoms with Gasteiger partial charge in [-0.25, -0.2) is 4.79 Å². The lowest BCUT2D eigenvalue weighted by molar-refractivity contribution is 0.239. The molecule has 2 rings (SSSR count). The van der Waals surface area contributed by atoms with Crippen LogP contribution in [0.25, 0.3) is 0 Å². The van der Waals surface area contributed by atoms with E-state index in [1.165, 1.54) is 11.1 Å². The predicted molar refractivity (Wildman–Crippen MR) is 97.8 cm³/mol. The number of nitrogens with one attached hydrogen (secondary N) is 2. The van der Waals surface area contributed by atoms with Crippen LogP contribution in [0.2, 0.25) is 5.02 Å². The molecule has 5 heteroatoms. The molecule has 128 valence electrons. The fourth-order valence-corrected chi connectivity index (χ4v) is 2.35. The van der Waals surface area contributed by atoms with Gasteiger partial charge >= 0.3 is 6.03 Å². The van der Waals surface area contributed by atoms with Crippen molar-refractivity contribution in [1.82, 2.24) is 10.6 Å². The van der Waals surface area contributed by atoms with Crippen molar-refractivity contribution in [3.05, 3.63) is 64.7 Å². The zero-order valence-corrected chi connectivity index (χ0v) is 14.6. The van der Waals surface area contributed by atoms with Gasteiger partial charge in [-0.05, 0) is 37.5 Å². The normalized spacial score (nSPS) is 10.2. The van der Waals surface area contributed by atoms with Gasteiger partial charge in [-0.1, -0.05) is 53.6 Å². The quantitative estimate of drug-likeness (QED) is 0.711. The van der Waals surface area contributed by atoms with Crippen LogP contribution in [0.4, 0.5) is 4.79 Å². The first-order chi connectivity index (χ1) is 11.6. The first-order valence-corrected chi connectivity index (χ1v) is 8.47.